The zero-order valence-corrected chi connectivity index (χ0v) is 12.1. The molecule has 1 fully saturated rings. The number of amides is 1. The summed E-state index contributed by atoms with van der Waals surface area (Å²) in [5.41, 5.74) is 0.916. The Morgan fingerprint density at radius 1 is 1.57 bits per heavy atom. The first kappa shape index (κ1) is 13.7. The van der Waals surface area contributed by atoms with Crippen LogP contribution in [0.1, 0.15) is 23.3 Å². The van der Waals surface area contributed by atoms with Gasteiger partial charge >= 0.3 is 0 Å². The second kappa shape index (κ2) is 5.65. The molecule has 8 heteroatoms. The topological polar surface area (TPSA) is 88.9 Å². The summed E-state index contributed by atoms with van der Waals surface area (Å²) in [6, 6.07) is 0. The molecule has 2 aromatic heterocycles. The van der Waals surface area contributed by atoms with E-state index in [2.05, 4.69) is 20.3 Å². The highest BCUT2D eigenvalue weighted by Gasteiger charge is 2.27. The van der Waals surface area contributed by atoms with Gasteiger partial charge in [0.2, 0.25) is 5.91 Å². The van der Waals surface area contributed by atoms with Crippen LogP contribution in [-0.2, 0) is 23.0 Å². The number of hydrogen-bond acceptors (Lipinski definition) is 5. The van der Waals surface area contributed by atoms with Gasteiger partial charge in [-0.05, 0) is 12.5 Å². The highest BCUT2D eigenvalue weighted by molar-refractivity contribution is 5.78. The molecule has 1 N–H and O–H groups in total. The molecule has 3 heterocycles. The number of aromatic nitrogens is 5. The first-order valence-electron chi connectivity index (χ1n) is 6.87. The molecule has 1 saturated heterocycles. The highest BCUT2D eigenvalue weighted by atomic mass is 16.5. The summed E-state index contributed by atoms with van der Waals surface area (Å²) < 4.78 is 7.35. The number of carbonyl (C=O) groups is 1. The molecule has 0 radical (unpaired) electrons. The number of hydrogen-bond donors (Lipinski definition) is 1. The molecule has 1 amide bonds. The zero-order valence-electron chi connectivity index (χ0n) is 12.1. The molecule has 2 aromatic rings. The van der Waals surface area contributed by atoms with Gasteiger partial charge in [-0.1, -0.05) is 0 Å². The molecule has 21 heavy (non-hydrogen) atoms. The normalized spacial score (nSPS) is 19.0. The molecule has 1 aliphatic heterocycles. The van der Waals surface area contributed by atoms with Gasteiger partial charge in [-0.15, -0.1) is 0 Å². The van der Waals surface area contributed by atoms with Gasteiger partial charge < -0.3 is 9.64 Å². The van der Waals surface area contributed by atoms with Crippen molar-refractivity contribution in [1.29, 1.82) is 0 Å². The molecule has 8 nitrogen and oxygen atoms in total. The Labute approximate surface area is 122 Å². The standard InChI is InChI=1S/C13H18N6O2/c1-9-15-13(17-16-9)11-8-19(3-4-21-11)12(20)5-10-6-14-18(2)7-10/h6-7,11H,3-5,8H2,1-2H3,(H,15,16,17)/t11-/m0/s1. The summed E-state index contributed by atoms with van der Waals surface area (Å²) in [4.78, 5) is 18.4. The van der Waals surface area contributed by atoms with Gasteiger partial charge in [0, 0.05) is 19.8 Å². The Bertz CT molecular complexity index is 634. The van der Waals surface area contributed by atoms with E-state index in [1.165, 1.54) is 0 Å². The van der Waals surface area contributed by atoms with Gasteiger partial charge in [-0.25, -0.2) is 4.98 Å². The van der Waals surface area contributed by atoms with E-state index >= 15 is 0 Å². The summed E-state index contributed by atoms with van der Waals surface area (Å²) in [6.45, 7) is 3.41. The minimum absolute atomic E-state index is 0.0727. The Hall–Kier alpha value is -2.22. The lowest BCUT2D eigenvalue weighted by Crippen LogP contribution is -2.43. The fourth-order valence-electron chi connectivity index (χ4n) is 2.39. The van der Waals surface area contributed by atoms with Crippen molar-refractivity contribution in [3.05, 3.63) is 29.6 Å². The summed E-state index contributed by atoms with van der Waals surface area (Å²) in [5.74, 6) is 1.42. The molecule has 3 rings (SSSR count). The van der Waals surface area contributed by atoms with E-state index in [1.807, 2.05) is 20.2 Å². The van der Waals surface area contributed by atoms with Crippen LogP contribution in [0.2, 0.25) is 0 Å². The average molecular weight is 290 g/mol. The van der Waals surface area contributed by atoms with Crippen LogP contribution in [0.15, 0.2) is 12.4 Å². The van der Waals surface area contributed by atoms with Gasteiger partial charge in [-0.2, -0.15) is 10.2 Å². The maximum Gasteiger partial charge on any atom is 0.227 e. The lowest BCUT2D eigenvalue weighted by atomic mass is 10.2. The first-order chi connectivity index (χ1) is 10.1. The van der Waals surface area contributed by atoms with Gasteiger partial charge in [0.15, 0.2) is 5.82 Å². The van der Waals surface area contributed by atoms with E-state index in [1.54, 1.807) is 15.8 Å². The van der Waals surface area contributed by atoms with Crippen molar-refractivity contribution in [3.63, 3.8) is 0 Å². The van der Waals surface area contributed by atoms with E-state index in [9.17, 15) is 4.79 Å². The summed E-state index contributed by atoms with van der Waals surface area (Å²) in [7, 11) is 1.84. The monoisotopic (exact) mass is 290 g/mol. The third-order valence-electron chi connectivity index (χ3n) is 3.44. The van der Waals surface area contributed by atoms with Crippen molar-refractivity contribution in [2.45, 2.75) is 19.4 Å². The Morgan fingerprint density at radius 2 is 2.43 bits per heavy atom. The van der Waals surface area contributed by atoms with Crippen LogP contribution in [0.5, 0.6) is 0 Å². The van der Waals surface area contributed by atoms with Crippen molar-refractivity contribution in [2.75, 3.05) is 19.7 Å². The third kappa shape index (κ3) is 3.10. The van der Waals surface area contributed by atoms with Crippen LogP contribution in [0.4, 0.5) is 0 Å². The van der Waals surface area contributed by atoms with Crippen molar-refractivity contribution >= 4 is 5.91 Å². The minimum atomic E-state index is -0.262. The number of ether oxygens (including phenoxy) is 1. The highest BCUT2D eigenvalue weighted by Crippen LogP contribution is 2.19. The maximum atomic E-state index is 12.3. The van der Waals surface area contributed by atoms with Crippen LogP contribution in [0.3, 0.4) is 0 Å². The lowest BCUT2D eigenvalue weighted by molar-refractivity contribution is -0.138. The smallest absolute Gasteiger partial charge is 0.227 e. The fourth-order valence-corrected chi connectivity index (χ4v) is 2.39. The molecular weight excluding hydrogens is 272 g/mol. The average Bonchev–Trinajstić information content (AvgIpc) is 3.08. The molecule has 1 aliphatic rings. The van der Waals surface area contributed by atoms with Crippen LogP contribution in [0.25, 0.3) is 0 Å². The maximum absolute atomic E-state index is 12.3. The van der Waals surface area contributed by atoms with Gasteiger partial charge in [-0.3, -0.25) is 14.6 Å². The number of carbonyl (C=O) groups excluding carboxylic acids is 1. The second-order valence-electron chi connectivity index (χ2n) is 5.18. The van der Waals surface area contributed by atoms with E-state index in [0.29, 0.717) is 31.9 Å². The molecule has 0 aromatic carbocycles. The van der Waals surface area contributed by atoms with E-state index in [0.717, 1.165) is 11.4 Å². The van der Waals surface area contributed by atoms with Gasteiger partial charge in [0.1, 0.15) is 11.9 Å². The number of aromatic amines is 1. The summed E-state index contributed by atoms with van der Waals surface area (Å²) in [5, 5.41) is 11.0. The number of rotatable bonds is 3. The first-order valence-corrected chi connectivity index (χ1v) is 6.87. The quantitative estimate of drug-likeness (QED) is 0.859. The predicted octanol–water partition coefficient (Wildman–Crippen LogP) is -0.0108. The zero-order chi connectivity index (χ0) is 14.8. The fraction of sp³-hybridized carbons (Fsp3) is 0.538. The van der Waals surface area contributed by atoms with Crippen LogP contribution in [-0.4, -0.2) is 55.5 Å². The number of aryl methyl sites for hydroxylation is 2. The minimum Gasteiger partial charge on any atom is -0.366 e. The van der Waals surface area contributed by atoms with Crippen LogP contribution >= 0.6 is 0 Å². The Morgan fingerprint density at radius 3 is 3.10 bits per heavy atom. The van der Waals surface area contributed by atoms with Gasteiger partial charge in [0.05, 0.1) is 25.8 Å². The molecular formula is C13H18N6O2. The Kier molecular flexibility index (Phi) is 3.70. The van der Waals surface area contributed by atoms with Crippen LogP contribution in [0, 0.1) is 6.92 Å². The van der Waals surface area contributed by atoms with E-state index < -0.39 is 0 Å². The van der Waals surface area contributed by atoms with Crippen LogP contribution < -0.4 is 0 Å². The van der Waals surface area contributed by atoms with E-state index in [4.69, 9.17) is 4.74 Å². The molecule has 0 aliphatic carbocycles. The van der Waals surface area contributed by atoms with Crippen molar-refractivity contribution in [1.82, 2.24) is 29.9 Å². The molecule has 0 bridgehead atoms. The summed E-state index contributed by atoms with van der Waals surface area (Å²) >= 11 is 0. The molecule has 0 unspecified atom stereocenters. The lowest BCUT2D eigenvalue weighted by Gasteiger charge is -2.31. The second-order valence-corrected chi connectivity index (χ2v) is 5.18. The SMILES string of the molecule is Cc1nc([C@@H]2CN(C(=O)Cc3cnn(C)c3)CCO2)n[nH]1. The number of nitrogens with one attached hydrogen (secondary N) is 1. The van der Waals surface area contributed by atoms with Crippen molar-refractivity contribution < 1.29 is 9.53 Å². The molecule has 0 saturated carbocycles. The third-order valence-corrected chi connectivity index (χ3v) is 3.44. The molecule has 112 valence electrons. The predicted molar refractivity (Wildman–Crippen MR) is 73.3 cm³/mol. The molecule has 1 atom stereocenters. The number of nitrogens with zero attached hydrogens (tertiary/aromatic N) is 5. The van der Waals surface area contributed by atoms with Gasteiger partial charge in [0.25, 0.3) is 0 Å². The Balaban J connectivity index is 1.64. The largest absolute Gasteiger partial charge is 0.366 e. The van der Waals surface area contributed by atoms with Crippen molar-refractivity contribution in [2.24, 2.45) is 7.05 Å². The number of H-pyrrole nitrogens is 1. The number of morpholine rings is 1. The van der Waals surface area contributed by atoms with Crippen molar-refractivity contribution in [3.8, 4) is 0 Å². The molecule has 0 spiro atoms. The summed E-state index contributed by atoms with van der Waals surface area (Å²) in [6.07, 6.45) is 3.66. The van der Waals surface area contributed by atoms with E-state index in [-0.39, 0.29) is 12.0 Å².